The van der Waals surface area contributed by atoms with Crippen LogP contribution < -0.4 is 9.47 Å². The van der Waals surface area contributed by atoms with E-state index in [0.717, 1.165) is 77.9 Å². The average Bonchev–Trinajstić information content (AvgIpc) is 1.62. The maximum atomic E-state index is 13.2. The normalized spacial score (nSPS) is 13.6. The van der Waals surface area contributed by atoms with Gasteiger partial charge in [0.05, 0.1) is 45.9 Å². The SMILES string of the molecule is CC(C)(C)c1ccc(OC[Si](C)(C)COc2ccc(C(C)(C)C)cc2-c2cc(C(C)(C)C)cc(-n3c4ccc(C(C)(C)C)cc4c4cc(C(C)(C)C)ccc43)c2O)c(-c2cc(C(C)(C)C)cc(-n3c4ccc(C(C)(C)C)cc4c4cc(C(C)(C)C)ccc43)c2O)c1. The molecule has 2 aromatic heterocycles. The van der Waals surface area contributed by atoms with Crippen LogP contribution in [-0.4, -0.2) is 39.9 Å². The van der Waals surface area contributed by atoms with Gasteiger partial charge in [-0.05, 0) is 185 Å². The van der Waals surface area contributed by atoms with Crippen LogP contribution in [0.15, 0.2) is 133 Å². The van der Waals surface area contributed by atoms with Crippen molar-refractivity contribution in [3.05, 3.63) is 178 Å². The standard InChI is InChI=1S/C84H106N2O4Si/c1-77(2,3)51-27-33-67-59(39-51)60-40-52(78(4,5)6)28-34-68(60)85(67)71-47-57(83(19,20)21)45-65(75(71)87)63-43-55(81(13,14)15)31-37-73(63)89-49-91(25,26)50-90-74-38-32-56(82(16,17)18)44-64(74)66-46-58(84(22,23)24)48-72(76(66)88)86-69-35-29-53(79(7,8)9)41-61(69)62-42-54(80(10,11)12)30-36-70(62)86/h27-48,87-88H,49-50H2,1-26H3. The Kier molecular flexibility index (Phi) is 16.5. The van der Waals surface area contributed by atoms with Crippen LogP contribution in [0.5, 0.6) is 23.0 Å². The van der Waals surface area contributed by atoms with Crippen molar-refractivity contribution < 1.29 is 19.7 Å². The van der Waals surface area contributed by atoms with Crippen LogP contribution in [0, 0.1) is 0 Å². The smallest absolute Gasteiger partial charge is 0.147 e. The van der Waals surface area contributed by atoms with Crippen molar-refractivity contribution in [1.29, 1.82) is 0 Å². The van der Waals surface area contributed by atoms with Gasteiger partial charge in [-0.1, -0.05) is 216 Å². The minimum atomic E-state index is -2.41. The molecule has 0 aliphatic heterocycles. The number of hydrogen-bond donors (Lipinski definition) is 2. The molecule has 0 aliphatic carbocycles. The van der Waals surface area contributed by atoms with Gasteiger partial charge in [0, 0.05) is 43.8 Å². The van der Waals surface area contributed by atoms with Gasteiger partial charge in [-0.15, -0.1) is 0 Å². The minimum Gasteiger partial charge on any atom is -0.505 e. The summed E-state index contributed by atoms with van der Waals surface area (Å²) in [6, 6.07) is 49.3. The number of aromatic nitrogens is 2. The summed E-state index contributed by atoms with van der Waals surface area (Å²) < 4.78 is 19.0. The van der Waals surface area contributed by atoms with Crippen LogP contribution in [0.1, 0.15) is 211 Å². The first-order valence-electron chi connectivity index (χ1n) is 33.2. The van der Waals surface area contributed by atoms with Crippen molar-refractivity contribution >= 4 is 51.7 Å². The highest BCUT2D eigenvalue weighted by Gasteiger charge is 2.33. The summed E-state index contributed by atoms with van der Waals surface area (Å²) in [4.78, 5) is 0. The van der Waals surface area contributed by atoms with E-state index in [-0.39, 0.29) is 54.8 Å². The summed E-state index contributed by atoms with van der Waals surface area (Å²) in [6.45, 7) is 58.9. The average molecular weight is 1240 g/mol. The lowest BCUT2D eigenvalue weighted by molar-refractivity contribution is 0.345. The van der Waals surface area contributed by atoms with Crippen molar-refractivity contribution in [2.75, 3.05) is 12.5 Å². The molecule has 0 radical (unpaired) electrons. The van der Waals surface area contributed by atoms with E-state index in [1.807, 2.05) is 0 Å². The molecule has 0 saturated carbocycles. The fourth-order valence-electron chi connectivity index (χ4n) is 12.5. The van der Waals surface area contributed by atoms with E-state index in [1.54, 1.807) is 0 Å². The third-order valence-corrected chi connectivity index (χ3v) is 20.7. The zero-order valence-electron chi connectivity index (χ0n) is 60.2. The zero-order chi connectivity index (χ0) is 67.1. The minimum absolute atomic E-state index is 0.0529. The molecule has 6 nitrogen and oxygen atoms in total. The van der Waals surface area contributed by atoms with E-state index in [2.05, 4.69) is 322 Å². The van der Waals surface area contributed by atoms with E-state index in [1.165, 1.54) is 43.8 Å². The van der Waals surface area contributed by atoms with Crippen molar-refractivity contribution in [3.63, 3.8) is 0 Å². The van der Waals surface area contributed by atoms with Crippen molar-refractivity contribution in [2.24, 2.45) is 0 Å². The lowest BCUT2D eigenvalue weighted by atomic mass is 9.82. The molecule has 2 heterocycles. The molecule has 8 aromatic carbocycles. The highest BCUT2D eigenvalue weighted by Crippen LogP contribution is 2.50. The number of rotatable bonds is 10. The molecule has 0 unspecified atom stereocenters. The summed E-state index contributed by atoms with van der Waals surface area (Å²) in [5.74, 6) is 1.85. The first-order valence-corrected chi connectivity index (χ1v) is 36.6. The monoisotopic (exact) mass is 1230 g/mol. The van der Waals surface area contributed by atoms with E-state index in [9.17, 15) is 10.2 Å². The number of benzene rings is 8. The molecular formula is C84H106N2O4Si. The van der Waals surface area contributed by atoms with Crippen LogP contribution in [0.4, 0.5) is 0 Å². The Bertz CT molecular complexity index is 4040. The summed E-state index contributed by atoms with van der Waals surface area (Å²) in [5.41, 5.74) is 17.3. The summed E-state index contributed by atoms with van der Waals surface area (Å²) in [5, 5.41) is 31.2. The Balaban J connectivity index is 1.07. The Morgan fingerprint density at radius 3 is 0.747 bits per heavy atom. The number of ether oxygens (including phenoxy) is 2. The summed E-state index contributed by atoms with van der Waals surface area (Å²) >= 11 is 0. The molecule has 2 N–H and O–H groups in total. The van der Waals surface area contributed by atoms with Crippen LogP contribution in [0.2, 0.25) is 13.1 Å². The lowest BCUT2D eigenvalue weighted by Gasteiger charge is -2.28. The maximum Gasteiger partial charge on any atom is 0.147 e. The van der Waals surface area contributed by atoms with Crippen LogP contribution >= 0.6 is 0 Å². The van der Waals surface area contributed by atoms with E-state index < -0.39 is 8.07 Å². The van der Waals surface area contributed by atoms with Gasteiger partial charge in [0.15, 0.2) is 0 Å². The highest BCUT2D eigenvalue weighted by atomic mass is 28.3. The number of hydrogen-bond acceptors (Lipinski definition) is 4. The van der Waals surface area contributed by atoms with Gasteiger partial charge < -0.3 is 28.8 Å². The first kappa shape index (κ1) is 66.7. The molecule has 91 heavy (non-hydrogen) atoms. The Morgan fingerprint density at radius 1 is 0.286 bits per heavy atom. The van der Waals surface area contributed by atoms with Gasteiger partial charge in [0.1, 0.15) is 31.1 Å². The predicted molar refractivity (Wildman–Crippen MR) is 394 cm³/mol. The molecule has 10 aromatic rings. The third kappa shape index (κ3) is 13.1. The largest absolute Gasteiger partial charge is 0.505 e. The van der Waals surface area contributed by atoms with Crippen molar-refractivity contribution in [1.82, 2.24) is 9.13 Å². The second kappa shape index (κ2) is 22.5. The summed E-state index contributed by atoms with van der Waals surface area (Å²) in [6.07, 6.45) is 0.902. The van der Waals surface area contributed by atoms with Gasteiger partial charge in [0.25, 0.3) is 0 Å². The highest BCUT2D eigenvalue weighted by molar-refractivity contribution is 6.77. The molecule has 0 saturated heterocycles. The molecule has 0 amide bonds. The fourth-order valence-corrected chi connectivity index (χ4v) is 13.7. The van der Waals surface area contributed by atoms with Crippen molar-refractivity contribution in [3.8, 4) is 56.6 Å². The molecule has 480 valence electrons. The number of nitrogens with zero attached hydrogens (tertiary/aromatic N) is 2. The Morgan fingerprint density at radius 2 is 0.505 bits per heavy atom. The quantitative estimate of drug-likeness (QED) is 0.134. The molecule has 0 aliphatic rings. The van der Waals surface area contributed by atoms with Crippen LogP contribution in [-0.2, 0) is 43.3 Å². The second-order valence-corrected chi connectivity index (χ2v) is 40.5. The Labute approximate surface area is 547 Å². The topological polar surface area (TPSA) is 68.8 Å². The maximum absolute atomic E-state index is 13.2. The first-order chi connectivity index (χ1) is 41.7. The Hall–Kier alpha value is -7.22. The van der Waals surface area contributed by atoms with Gasteiger partial charge in [-0.3, -0.25) is 0 Å². The van der Waals surface area contributed by atoms with E-state index >= 15 is 0 Å². The zero-order valence-corrected chi connectivity index (χ0v) is 61.2. The summed E-state index contributed by atoms with van der Waals surface area (Å²) in [7, 11) is -2.41. The van der Waals surface area contributed by atoms with Crippen LogP contribution in [0.3, 0.4) is 0 Å². The molecular weight excluding hydrogens is 1130 g/mol. The van der Waals surface area contributed by atoms with Gasteiger partial charge in [-0.25, -0.2) is 0 Å². The van der Waals surface area contributed by atoms with E-state index in [4.69, 9.17) is 9.47 Å². The van der Waals surface area contributed by atoms with E-state index in [0.29, 0.717) is 24.0 Å². The number of phenols is 2. The third-order valence-electron chi connectivity index (χ3n) is 18.9. The predicted octanol–water partition coefficient (Wildman–Crippen LogP) is 23.3. The van der Waals surface area contributed by atoms with Gasteiger partial charge in [-0.2, -0.15) is 0 Å². The lowest BCUT2D eigenvalue weighted by Crippen LogP contribution is -2.41. The van der Waals surface area contributed by atoms with Gasteiger partial charge >= 0.3 is 0 Å². The molecule has 7 heteroatoms. The molecule has 0 bridgehead atoms. The number of phenolic OH excluding ortho intramolecular Hbond substituents is 2. The van der Waals surface area contributed by atoms with Crippen molar-refractivity contribution in [2.45, 2.75) is 223 Å². The molecule has 0 fully saturated rings. The number of fused-ring (bicyclic) bond motifs is 6. The fraction of sp³-hybridized carbons (Fsp3) is 0.429. The molecule has 0 atom stereocenters. The second-order valence-electron chi connectivity index (χ2n) is 35.5. The van der Waals surface area contributed by atoms with Crippen LogP contribution in [0.25, 0.3) is 77.2 Å². The van der Waals surface area contributed by atoms with Gasteiger partial charge in [0.2, 0.25) is 0 Å². The molecule has 0 spiro atoms. The number of aromatic hydroxyl groups is 2. The molecule has 10 rings (SSSR count).